The zero-order chi connectivity index (χ0) is 18.5. The van der Waals surface area contributed by atoms with Gasteiger partial charge in [-0.1, -0.05) is 72.3 Å². The monoisotopic (exact) mass is 370 g/mol. The number of benzene rings is 3. The minimum atomic E-state index is -0.780. The first-order chi connectivity index (χ1) is 12.5. The maximum Gasteiger partial charge on any atom is 0.320 e. The number of urea groups is 1. The Morgan fingerprint density at radius 1 is 0.962 bits per heavy atom. The standard InChI is InChI=1S/C20H16ClFN2O2/c21-15-11-17(16(22)12-18(15)25)23-20(26)24-19(13-7-3-1-4-8-13)14-9-5-2-6-10-14/h1-12,19,25H,(H2,23,24,26). The van der Waals surface area contributed by atoms with E-state index in [1.165, 1.54) is 0 Å². The Bertz CT molecular complexity index is 865. The average Bonchev–Trinajstić information content (AvgIpc) is 2.65. The van der Waals surface area contributed by atoms with Crippen LogP contribution in [-0.2, 0) is 0 Å². The van der Waals surface area contributed by atoms with Crippen LogP contribution in [0.15, 0.2) is 72.8 Å². The zero-order valence-electron chi connectivity index (χ0n) is 13.6. The van der Waals surface area contributed by atoms with Gasteiger partial charge in [0, 0.05) is 6.07 Å². The smallest absolute Gasteiger partial charge is 0.320 e. The molecule has 3 N–H and O–H groups in total. The van der Waals surface area contributed by atoms with Crippen molar-refractivity contribution in [3.8, 4) is 5.75 Å². The van der Waals surface area contributed by atoms with Gasteiger partial charge in [0.1, 0.15) is 5.75 Å². The van der Waals surface area contributed by atoms with E-state index in [1.807, 2.05) is 60.7 Å². The van der Waals surface area contributed by atoms with Crippen LogP contribution in [0.4, 0.5) is 14.9 Å². The summed E-state index contributed by atoms with van der Waals surface area (Å²) in [4.78, 5) is 12.4. The van der Waals surface area contributed by atoms with Crippen LogP contribution < -0.4 is 10.6 Å². The summed E-state index contributed by atoms with van der Waals surface area (Å²) in [5.74, 6) is -1.17. The van der Waals surface area contributed by atoms with Crippen molar-refractivity contribution in [2.24, 2.45) is 0 Å². The third-order valence-corrected chi connectivity index (χ3v) is 4.13. The second-order valence-electron chi connectivity index (χ2n) is 5.64. The van der Waals surface area contributed by atoms with Gasteiger partial charge in [0.25, 0.3) is 0 Å². The molecule has 2 amide bonds. The lowest BCUT2D eigenvalue weighted by molar-refractivity contribution is 0.250. The molecule has 0 spiro atoms. The molecule has 6 heteroatoms. The van der Waals surface area contributed by atoms with Crippen molar-refractivity contribution in [2.45, 2.75) is 6.04 Å². The molecular weight excluding hydrogens is 355 g/mol. The number of carbonyl (C=O) groups excluding carboxylic acids is 1. The van der Waals surface area contributed by atoms with Gasteiger partial charge in [-0.05, 0) is 17.2 Å². The number of nitrogens with one attached hydrogen (secondary N) is 2. The van der Waals surface area contributed by atoms with Gasteiger partial charge in [-0.25, -0.2) is 9.18 Å². The number of phenols is 1. The van der Waals surface area contributed by atoms with E-state index in [9.17, 15) is 14.3 Å². The Hall–Kier alpha value is -3.05. The lowest BCUT2D eigenvalue weighted by atomic mass is 9.99. The fourth-order valence-corrected chi connectivity index (χ4v) is 2.74. The highest BCUT2D eigenvalue weighted by Gasteiger charge is 2.18. The Labute approximate surface area is 155 Å². The first-order valence-electron chi connectivity index (χ1n) is 7.90. The quantitative estimate of drug-likeness (QED) is 0.560. The second kappa shape index (κ2) is 7.89. The molecule has 0 unspecified atom stereocenters. The van der Waals surface area contributed by atoms with Crippen molar-refractivity contribution < 1.29 is 14.3 Å². The highest BCUT2D eigenvalue weighted by Crippen LogP contribution is 2.29. The zero-order valence-corrected chi connectivity index (χ0v) is 14.4. The molecule has 0 saturated heterocycles. The molecule has 3 aromatic carbocycles. The van der Waals surface area contributed by atoms with E-state index < -0.39 is 17.9 Å². The van der Waals surface area contributed by atoms with Crippen LogP contribution in [0.3, 0.4) is 0 Å². The van der Waals surface area contributed by atoms with Crippen molar-refractivity contribution in [1.82, 2.24) is 5.32 Å². The summed E-state index contributed by atoms with van der Waals surface area (Å²) in [6.07, 6.45) is 0. The summed E-state index contributed by atoms with van der Waals surface area (Å²) in [5.41, 5.74) is 1.65. The molecule has 0 heterocycles. The van der Waals surface area contributed by atoms with Gasteiger partial charge in [-0.15, -0.1) is 0 Å². The maximum absolute atomic E-state index is 13.9. The number of aromatic hydroxyl groups is 1. The molecule has 0 radical (unpaired) electrons. The molecule has 0 aliphatic carbocycles. The fourth-order valence-electron chi connectivity index (χ4n) is 2.57. The molecule has 3 aromatic rings. The van der Waals surface area contributed by atoms with Crippen molar-refractivity contribution >= 4 is 23.3 Å². The van der Waals surface area contributed by atoms with Gasteiger partial charge in [0.2, 0.25) is 0 Å². The van der Waals surface area contributed by atoms with E-state index in [2.05, 4.69) is 10.6 Å². The van der Waals surface area contributed by atoms with E-state index in [-0.39, 0.29) is 16.5 Å². The second-order valence-corrected chi connectivity index (χ2v) is 6.04. The molecule has 0 aromatic heterocycles. The van der Waals surface area contributed by atoms with Gasteiger partial charge in [-0.3, -0.25) is 0 Å². The van der Waals surface area contributed by atoms with Crippen molar-refractivity contribution in [2.75, 3.05) is 5.32 Å². The van der Waals surface area contributed by atoms with Crippen LogP contribution in [0.25, 0.3) is 0 Å². The van der Waals surface area contributed by atoms with Crippen LogP contribution in [0, 0.1) is 5.82 Å². The third kappa shape index (κ3) is 4.13. The molecule has 0 aliphatic rings. The lowest BCUT2D eigenvalue weighted by Crippen LogP contribution is -2.33. The largest absolute Gasteiger partial charge is 0.506 e. The number of carbonyl (C=O) groups is 1. The molecule has 0 atom stereocenters. The van der Waals surface area contributed by atoms with Gasteiger partial charge in [0.05, 0.1) is 16.8 Å². The molecule has 132 valence electrons. The Balaban J connectivity index is 1.83. The summed E-state index contributed by atoms with van der Waals surface area (Å²) in [5, 5.41) is 14.6. The number of phenolic OH excluding ortho intramolecular Hbond substituents is 1. The average molecular weight is 371 g/mol. The summed E-state index contributed by atoms with van der Waals surface area (Å²) < 4.78 is 13.9. The first-order valence-corrected chi connectivity index (χ1v) is 8.28. The molecule has 26 heavy (non-hydrogen) atoms. The summed E-state index contributed by atoms with van der Waals surface area (Å²) >= 11 is 5.78. The fraction of sp³-hybridized carbons (Fsp3) is 0.0500. The predicted molar refractivity (Wildman–Crippen MR) is 100.0 cm³/mol. The van der Waals surface area contributed by atoms with Gasteiger partial charge >= 0.3 is 6.03 Å². The minimum Gasteiger partial charge on any atom is -0.506 e. The van der Waals surface area contributed by atoms with E-state index in [0.29, 0.717) is 0 Å². The van der Waals surface area contributed by atoms with Gasteiger partial charge in [-0.2, -0.15) is 0 Å². The maximum atomic E-state index is 13.9. The number of anilines is 1. The van der Waals surface area contributed by atoms with Crippen molar-refractivity contribution in [1.29, 1.82) is 0 Å². The number of rotatable bonds is 4. The molecule has 3 rings (SSSR count). The number of amides is 2. The molecular formula is C20H16ClFN2O2. The summed E-state index contributed by atoms with van der Waals surface area (Å²) in [7, 11) is 0. The van der Waals surface area contributed by atoms with Crippen LogP contribution in [0.1, 0.15) is 17.2 Å². The van der Waals surface area contributed by atoms with Crippen LogP contribution in [0.2, 0.25) is 5.02 Å². The van der Waals surface area contributed by atoms with Crippen molar-refractivity contribution in [3.05, 3.63) is 94.8 Å². The third-order valence-electron chi connectivity index (χ3n) is 3.83. The Kier molecular flexibility index (Phi) is 5.39. The van der Waals surface area contributed by atoms with Gasteiger partial charge in [0.15, 0.2) is 5.82 Å². The predicted octanol–water partition coefficient (Wildman–Crippen LogP) is 5.10. The molecule has 0 aliphatic heterocycles. The molecule has 0 fully saturated rings. The summed E-state index contributed by atoms with van der Waals surface area (Å²) in [6.45, 7) is 0. The Morgan fingerprint density at radius 2 is 1.50 bits per heavy atom. The van der Waals surface area contributed by atoms with E-state index in [0.717, 1.165) is 23.3 Å². The summed E-state index contributed by atoms with van der Waals surface area (Å²) in [6, 6.07) is 19.9. The molecule has 0 saturated carbocycles. The lowest BCUT2D eigenvalue weighted by Gasteiger charge is -2.20. The van der Waals surface area contributed by atoms with Crippen LogP contribution >= 0.6 is 11.6 Å². The minimum absolute atomic E-state index is 0.0515. The van der Waals surface area contributed by atoms with E-state index >= 15 is 0 Å². The topological polar surface area (TPSA) is 61.4 Å². The highest BCUT2D eigenvalue weighted by molar-refractivity contribution is 6.32. The highest BCUT2D eigenvalue weighted by atomic mass is 35.5. The van der Waals surface area contributed by atoms with E-state index in [4.69, 9.17) is 11.6 Å². The van der Waals surface area contributed by atoms with Crippen LogP contribution in [0.5, 0.6) is 5.75 Å². The Morgan fingerprint density at radius 3 is 2.04 bits per heavy atom. The molecule has 4 nitrogen and oxygen atoms in total. The SMILES string of the molecule is O=C(Nc1cc(Cl)c(O)cc1F)NC(c1ccccc1)c1ccccc1. The van der Waals surface area contributed by atoms with Crippen LogP contribution in [-0.4, -0.2) is 11.1 Å². The normalized spacial score (nSPS) is 10.6. The van der Waals surface area contributed by atoms with E-state index in [1.54, 1.807) is 0 Å². The van der Waals surface area contributed by atoms with Crippen molar-refractivity contribution in [3.63, 3.8) is 0 Å². The number of hydrogen-bond acceptors (Lipinski definition) is 2. The number of halogens is 2. The number of hydrogen-bond donors (Lipinski definition) is 3. The van der Waals surface area contributed by atoms with Gasteiger partial charge < -0.3 is 15.7 Å². The first kappa shape index (κ1) is 17.8. The molecule has 0 bridgehead atoms.